The molecule has 0 N–H and O–H groups in total. The van der Waals surface area contributed by atoms with Gasteiger partial charge in [-0.3, -0.25) is 4.90 Å². The second-order valence-electron chi connectivity index (χ2n) is 4.40. The molecule has 1 fully saturated rings. The molecule has 1 atom stereocenters. The summed E-state index contributed by atoms with van der Waals surface area (Å²) in [6.45, 7) is 2.05. The van der Waals surface area contributed by atoms with Crippen molar-refractivity contribution in [1.29, 1.82) is 5.26 Å². The Morgan fingerprint density at radius 1 is 1.29 bits per heavy atom. The van der Waals surface area contributed by atoms with Crippen molar-refractivity contribution in [1.82, 2.24) is 4.90 Å². The third kappa shape index (κ3) is 2.78. The Bertz CT molecular complexity index is 405. The fourth-order valence-corrected chi connectivity index (χ4v) is 2.36. The normalized spacial score (nSPS) is 18.4. The monoisotopic (exact) mass is 230 g/mol. The van der Waals surface area contributed by atoms with Gasteiger partial charge in [0, 0.05) is 0 Å². The van der Waals surface area contributed by atoms with Crippen molar-refractivity contribution in [3.05, 3.63) is 29.8 Å². The van der Waals surface area contributed by atoms with Crippen LogP contribution in [0.5, 0.6) is 5.75 Å². The minimum atomic E-state index is -0.134. The van der Waals surface area contributed by atoms with Crippen LogP contribution in [0.15, 0.2) is 24.3 Å². The van der Waals surface area contributed by atoms with Crippen molar-refractivity contribution in [2.24, 2.45) is 0 Å². The van der Waals surface area contributed by atoms with Gasteiger partial charge < -0.3 is 4.74 Å². The summed E-state index contributed by atoms with van der Waals surface area (Å²) in [6, 6.07) is 10.1. The maximum absolute atomic E-state index is 9.36. The summed E-state index contributed by atoms with van der Waals surface area (Å²) in [6.07, 6.45) is 3.68. The molecule has 17 heavy (non-hydrogen) atoms. The number of nitrogens with zero attached hydrogens (tertiary/aromatic N) is 2. The number of hydrogen-bond acceptors (Lipinski definition) is 3. The molecule has 0 amide bonds. The molecule has 1 aliphatic heterocycles. The summed E-state index contributed by atoms with van der Waals surface area (Å²) in [5.74, 6) is 0.819. The fourth-order valence-electron chi connectivity index (χ4n) is 2.36. The summed E-state index contributed by atoms with van der Waals surface area (Å²) in [5.41, 5.74) is 1.04. The highest BCUT2D eigenvalue weighted by Gasteiger charge is 2.21. The minimum Gasteiger partial charge on any atom is -0.497 e. The standard InChI is InChI=1S/C14H18N2O/c1-17-13-7-5-6-12(10-13)14(11-15)16-8-3-2-4-9-16/h5-7,10,14H,2-4,8-9H2,1H3. The Morgan fingerprint density at radius 2 is 2.06 bits per heavy atom. The first-order valence-corrected chi connectivity index (χ1v) is 6.13. The summed E-state index contributed by atoms with van der Waals surface area (Å²) >= 11 is 0. The van der Waals surface area contributed by atoms with Gasteiger partial charge in [-0.05, 0) is 43.6 Å². The average Bonchev–Trinajstić information content (AvgIpc) is 2.41. The van der Waals surface area contributed by atoms with E-state index in [1.54, 1.807) is 7.11 Å². The van der Waals surface area contributed by atoms with Crippen molar-refractivity contribution in [2.45, 2.75) is 25.3 Å². The molecule has 1 aromatic carbocycles. The smallest absolute Gasteiger partial charge is 0.123 e. The summed E-state index contributed by atoms with van der Waals surface area (Å²) in [7, 11) is 1.65. The Hall–Kier alpha value is -1.53. The van der Waals surface area contributed by atoms with Crippen LogP contribution >= 0.6 is 0 Å². The van der Waals surface area contributed by atoms with Crippen LogP contribution in [0.3, 0.4) is 0 Å². The molecule has 1 aromatic rings. The third-order valence-corrected chi connectivity index (χ3v) is 3.29. The van der Waals surface area contributed by atoms with Crippen LogP contribution in [-0.2, 0) is 0 Å². The van der Waals surface area contributed by atoms with Gasteiger partial charge in [-0.25, -0.2) is 0 Å². The maximum Gasteiger partial charge on any atom is 0.123 e. The molecule has 1 saturated heterocycles. The molecule has 90 valence electrons. The molecule has 0 spiro atoms. The number of rotatable bonds is 3. The zero-order chi connectivity index (χ0) is 12.1. The SMILES string of the molecule is COc1cccc(C(C#N)N2CCCCC2)c1. The molecule has 0 aromatic heterocycles. The molecular formula is C14H18N2O. The van der Waals surface area contributed by atoms with E-state index in [4.69, 9.17) is 4.74 Å². The molecule has 3 nitrogen and oxygen atoms in total. The lowest BCUT2D eigenvalue weighted by atomic mass is 10.0. The number of ether oxygens (including phenoxy) is 1. The lowest BCUT2D eigenvalue weighted by Crippen LogP contribution is -2.33. The minimum absolute atomic E-state index is 0.134. The van der Waals surface area contributed by atoms with Gasteiger partial charge in [0.05, 0.1) is 13.2 Å². The Balaban J connectivity index is 2.19. The number of methoxy groups -OCH3 is 1. The molecule has 1 aliphatic rings. The number of piperidine rings is 1. The highest BCUT2D eigenvalue weighted by molar-refractivity contribution is 5.33. The van der Waals surface area contributed by atoms with Gasteiger partial charge in [-0.2, -0.15) is 5.26 Å². The molecule has 3 heteroatoms. The predicted octanol–water partition coefficient (Wildman–Crippen LogP) is 2.75. The molecule has 0 radical (unpaired) electrons. The maximum atomic E-state index is 9.36. The second-order valence-corrected chi connectivity index (χ2v) is 4.40. The number of benzene rings is 1. The number of hydrogen-bond donors (Lipinski definition) is 0. The topological polar surface area (TPSA) is 36.3 Å². The van der Waals surface area contributed by atoms with Crippen LogP contribution in [-0.4, -0.2) is 25.1 Å². The highest BCUT2D eigenvalue weighted by atomic mass is 16.5. The van der Waals surface area contributed by atoms with E-state index in [1.165, 1.54) is 19.3 Å². The van der Waals surface area contributed by atoms with Gasteiger partial charge in [0.1, 0.15) is 11.8 Å². The Morgan fingerprint density at radius 3 is 2.71 bits per heavy atom. The van der Waals surface area contributed by atoms with E-state index < -0.39 is 0 Å². The number of likely N-dealkylation sites (tertiary alicyclic amines) is 1. The van der Waals surface area contributed by atoms with E-state index in [-0.39, 0.29) is 6.04 Å². The van der Waals surface area contributed by atoms with E-state index in [0.29, 0.717) is 0 Å². The number of nitriles is 1. The van der Waals surface area contributed by atoms with Crippen molar-refractivity contribution in [3.8, 4) is 11.8 Å². The first kappa shape index (κ1) is 11.9. The molecular weight excluding hydrogens is 212 g/mol. The van der Waals surface area contributed by atoms with E-state index in [1.807, 2.05) is 24.3 Å². The van der Waals surface area contributed by atoms with E-state index >= 15 is 0 Å². The van der Waals surface area contributed by atoms with Crippen LogP contribution < -0.4 is 4.74 Å². The summed E-state index contributed by atoms with van der Waals surface area (Å²) in [4.78, 5) is 2.26. The lowest BCUT2D eigenvalue weighted by Gasteiger charge is -2.30. The van der Waals surface area contributed by atoms with E-state index in [2.05, 4.69) is 11.0 Å². The van der Waals surface area contributed by atoms with E-state index in [9.17, 15) is 5.26 Å². The van der Waals surface area contributed by atoms with Gasteiger partial charge in [-0.1, -0.05) is 18.6 Å². The van der Waals surface area contributed by atoms with Gasteiger partial charge in [0.25, 0.3) is 0 Å². The van der Waals surface area contributed by atoms with Gasteiger partial charge in [0.15, 0.2) is 0 Å². The first-order chi connectivity index (χ1) is 8.35. The fraction of sp³-hybridized carbons (Fsp3) is 0.500. The van der Waals surface area contributed by atoms with E-state index in [0.717, 1.165) is 24.4 Å². The predicted molar refractivity (Wildman–Crippen MR) is 66.8 cm³/mol. The third-order valence-electron chi connectivity index (χ3n) is 3.29. The molecule has 2 rings (SSSR count). The highest BCUT2D eigenvalue weighted by Crippen LogP contribution is 2.26. The van der Waals surface area contributed by atoms with Gasteiger partial charge in [-0.15, -0.1) is 0 Å². The zero-order valence-electron chi connectivity index (χ0n) is 10.2. The molecule has 0 saturated carbocycles. The van der Waals surface area contributed by atoms with Crippen LogP contribution in [0, 0.1) is 11.3 Å². The molecule has 0 bridgehead atoms. The van der Waals surface area contributed by atoms with Crippen molar-refractivity contribution in [3.63, 3.8) is 0 Å². The van der Waals surface area contributed by atoms with Gasteiger partial charge in [0.2, 0.25) is 0 Å². The summed E-state index contributed by atoms with van der Waals surface area (Å²) in [5, 5.41) is 9.36. The molecule has 1 unspecified atom stereocenters. The largest absolute Gasteiger partial charge is 0.497 e. The van der Waals surface area contributed by atoms with Crippen LogP contribution in [0.25, 0.3) is 0 Å². The lowest BCUT2D eigenvalue weighted by molar-refractivity contribution is 0.196. The quantitative estimate of drug-likeness (QED) is 0.801. The Kier molecular flexibility index (Phi) is 4.00. The van der Waals surface area contributed by atoms with Crippen molar-refractivity contribution in [2.75, 3.05) is 20.2 Å². The summed E-state index contributed by atoms with van der Waals surface area (Å²) < 4.78 is 5.21. The molecule has 1 heterocycles. The van der Waals surface area contributed by atoms with Crippen LogP contribution in [0.4, 0.5) is 0 Å². The zero-order valence-corrected chi connectivity index (χ0v) is 10.2. The van der Waals surface area contributed by atoms with Crippen LogP contribution in [0.1, 0.15) is 30.9 Å². The first-order valence-electron chi connectivity index (χ1n) is 6.13. The molecule has 0 aliphatic carbocycles. The average molecular weight is 230 g/mol. The van der Waals surface area contributed by atoms with Crippen molar-refractivity contribution >= 4 is 0 Å². The van der Waals surface area contributed by atoms with Gasteiger partial charge >= 0.3 is 0 Å². The van der Waals surface area contributed by atoms with Crippen LogP contribution in [0.2, 0.25) is 0 Å². The second kappa shape index (κ2) is 5.70. The van der Waals surface area contributed by atoms with Crippen molar-refractivity contribution < 1.29 is 4.74 Å². The Labute approximate surface area is 103 Å².